The molecular formula is C20H20FN5O. The Morgan fingerprint density at radius 1 is 1.00 bits per heavy atom. The topological polar surface area (TPSA) is 71.0 Å². The third-order valence-corrected chi connectivity index (χ3v) is 4.61. The molecule has 0 atom stereocenters. The molecule has 0 bridgehead atoms. The van der Waals surface area contributed by atoms with E-state index in [1.807, 2.05) is 12.1 Å². The number of nitrogens with one attached hydrogen (secondary N) is 1. The van der Waals surface area contributed by atoms with Crippen LogP contribution in [0.4, 0.5) is 16.2 Å². The first-order valence-corrected chi connectivity index (χ1v) is 9.07. The number of nitrogens with zero attached hydrogens (tertiary/aromatic N) is 4. The number of halogens is 1. The molecule has 0 aliphatic carbocycles. The van der Waals surface area contributed by atoms with Crippen molar-refractivity contribution >= 4 is 28.7 Å². The van der Waals surface area contributed by atoms with Crippen LogP contribution in [0.15, 0.2) is 36.4 Å². The fourth-order valence-electron chi connectivity index (χ4n) is 3.32. The lowest BCUT2D eigenvalue weighted by atomic mass is 10.1. The van der Waals surface area contributed by atoms with Crippen LogP contribution in [0.2, 0.25) is 0 Å². The molecule has 1 aromatic carbocycles. The Morgan fingerprint density at radius 2 is 1.74 bits per heavy atom. The van der Waals surface area contributed by atoms with Crippen molar-refractivity contribution < 1.29 is 9.18 Å². The zero-order valence-electron chi connectivity index (χ0n) is 15.1. The quantitative estimate of drug-likeness (QED) is 0.765. The highest BCUT2D eigenvalue weighted by Crippen LogP contribution is 2.29. The zero-order chi connectivity index (χ0) is 18.8. The van der Waals surface area contributed by atoms with Gasteiger partial charge in [0.25, 0.3) is 0 Å². The van der Waals surface area contributed by atoms with E-state index in [0.29, 0.717) is 11.0 Å². The van der Waals surface area contributed by atoms with Crippen molar-refractivity contribution in [3.63, 3.8) is 0 Å². The number of carbonyl (C=O) groups is 1. The maximum Gasteiger partial charge on any atom is 0.232 e. The van der Waals surface area contributed by atoms with Gasteiger partial charge in [-0.2, -0.15) is 4.98 Å². The summed E-state index contributed by atoms with van der Waals surface area (Å²) in [4.78, 5) is 27.4. The van der Waals surface area contributed by atoms with Gasteiger partial charge < -0.3 is 4.90 Å². The second-order valence-electron chi connectivity index (χ2n) is 6.67. The Hall–Kier alpha value is -3.09. The molecule has 7 heteroatoms. The Bertz CT molecular complexity index is 984. The largest absolute Gasteiger partial charge is 0.355 e. The van der Waals surface area contributed by atoms with E-state index in [2.05, 4.69) is 20.2 Å². The predicted molar refractivity (Wildman–Crippen MR) is 103 cm³/mol. The van der Waals surface area contributed by atoms with Crippen molar-refractivity contribution in [1.29, 1.82) is 0 Å². The summed E-state index contributed by atoms with van der Waals surface area (Å²) in [5.74, 6) is 0.519. The average Bonchev–Trinajstić information content (AvgIpc) is 2.68. The van der Waals surface area contributed by atoms with Crippen molar-refractivity contribution in [1.82, 2.24) is 15.0 Å². The van der Waals surface area contributed by atoms with E-state index in [-0.39, 0.29) is 17.7 Å². The van der Waals surface area contributed by atoms with Crippen LogP contribution in [0.25, 0.3) is 22.3 Å². The predicted octanol–water partition coefficient (Wildman–Crippen LogP) is 3.78. The summed E-state index contributed by atoms with van der Waals surface area (Å²) >= 11 is 0. The molecule has 3 aromatic rings. The highest BCUT2D eigenvalue weighted by atomic mass is 19.1. The van der Waals surface area contributed by atoms with Crippen LogP contribution in [0.3, 0.4) is 0 Å². The zero-order valence-corrected chi connectivity index (χ0v) is 15.1. The molecule has 1 aliphatic heterocycles. The number of carbonyl (C=O) groups excluding carboxylic acids is 1. The third kappa shape index (κ3) is 3.72. The molecule has 2 aromatic heterocycles. The highest BCUT2D eigenvalue weighted by molar-refractivity contribution is 5.92. The Morgan fingerprint density at radius 3 is 2.44 bits per heavy atom. The number of rotatable bonds is 3. The number of amides is 1. The molecule has 1 amide bonds. The van der Waals surface area contributed by atoms with E-state index in [1.54, 1.807) is 12.1 Å². The second-order valence-corrected chi connectivity index (χ2v) is 6.67. The van der Waals surface area contributed by atoms with Crippen LogP contribution >= 0.6 is 0 Å². The average molecular weight is 365 g/mol. The summed E-state index contributed by atoms with van der Waals surface area (Å²) in [5, 5.41) is 2.67. The molecule has 0 radical (unpaired) electrons. The molecule has 0 unspecified atom stereocenters. The van der Waals surface area contributed by atoms with Crippen LogP contribution in [-0.4, -0.2) is 33.9 Å². The Balaban J connectivity index is 1.84. The molecule has 1 aliphatic rings. The van der Waals surface area contributed by atoms with Gasteiger partial charge in [-0.15, -0.1) is 0 Å². The number of aromatic nitrogens is 3. The minimum absolute atomic E-state index is 0.213. The van der Waals surface area contributed by atoms with Gasteiger partial charge in [0, 0.05) is 25.6 Å². The molecule has 3 heterocycles. The van der Waals surface area contributed by atoms with Gasteiger partial charge in [0.05, 0.1) is 11.2 Å². The van der Waals surface area contributed by atoms with E-state index in [1.165, 1.54) is 25.5 Å². The van der Waals surface area contributed by atoms with Crippen molar-refractivity contribution in [2.45, 2.75) is 26.2 Å². The lowest BCUT2D eigenvalue weighted by Gasteiger charge is -2.28. The van der Waals surface area contributed by atoms with Gasteiger partial charge in [-0.25, -0.2) is 14.4 Å². The van der Waals surface area contributed by atoms with Gasteiger partial charge in [0.2, 0.25) is 11.9 Å². The number of anilines is 2. The van der Waals surface area contributed by atoms with E-state index < -0.39 is 0 Å². The van der Waals surface area contributed by atoms with E-state index in [0.717, 1.165) is 43.0 Å². The first-order valence-electron chi connectivity index (χ1n) is 9.07. The van der Waals surface area contributed by atoms with Crippen molar-refractivity contribution in [2.75, 3.05) is 23.3 Å². The van der Waals surface area contributed by atoms with Gasteiger partial charge in [-0.1, -0.05) is 0 Å². The summed E-state index contributed by atoms with van der Waals surface area (Å²) in [5.41, 5.74) is 2.92. The molecule has 6 nitrogen and oxygen atoms in total. The van der Waals surface area contributed by atoms with E-state index >= 15 is 0 Å². The molecule has 0 saturated carbocycles. The maximum absolute atomic E-state index is 13.2. The molecule has 138 valence electrons. The normalized spacial score (nSPS) is 14.4. The van der Waals surface area contributed by atoms with Gasteiger partial charge in [0.15, 0.2) is 5.82 Å². The van der Waals surface area contributed by atoms with Gasteiger partial charge in [-0.05, 0) is 55.7 Å². The first-order chi connectivity index (χ1) is 13.1. The van der Waals surface area contributed by atoms with Crippen molar-refractivity contribution in [2.24, 2.45) is 0 Å². The highest BCUT2D eigenvalue weighted by Gasteiger charge is 2.19. The van der Waals surface area contributed by atoms with Gasteiger partial charge in [0.1, 0.15) is 11.3 Å². The lowest BCUT2D eigenvalue weighted by Crippen LogP contribution is -2.31. The smallest absolute Gasteiger partial charge is 0.232 e. The minimum atomic E-state index is -0.281. The fraction of sp³-hybridized carbons (Fsp3) is 0.300. The second kappa shape index (κ2) is 7.26. The summed E-state index contributed by atoms with van der Waals surface area (Å²) < 4.78 is 13.2. The Kier molecular flexibility index (Phi) is 4.66. The number of fused-ring (bicyclic) bond motifs is 1. The Labute approximate surface area is 156 Å². The number of hydrogen-bond donors (Lipinski definition) is 1. The molecule has 1 fully saturated rings. The molecular weight excluding hydrogens is 345 g/mol. The van der Waals surface area contributed by atoms with Crippen LogP contribution in [0.1, 0.15) is 26.2 Å². The van der Waals surface area contributed by atoms with Crippen LogP contribution < -0.4 is 10.2 Å². The molecule has 1 N–H and O–H groups in total. The molecule has 0 spiro atoms. The summed E-state index contributed by atoms with van der Waals surface area (Å²) in [6.07, 6.45) is 3.39. The summed E-state index contributed by atoms with van der Waals surface area (Å²) in [6.45, 7) is 3.23. The summed E-state index contributed by atoms with van der Waals surface area (Å²) in [6, 6.07) is 9.96. The van der Waals surface area contributed by atoms with E-state index in [4.69, 9.17) is 4.98 Å². The SMILES string of the molecule is CC(=O)Nc1nc(N2CCCCC2)c2nc(-c3ccc(F)cc3)ccc2n1. The van der Waals surface area contributed by atoms with Crippen molar-refractivity contribution in [3.8, 4) is 11.3 Å². The molecule has 1 saturated heterocycles. The van der Waals surface area contributed by atoms with Gasteiger partial charge >= 0.3 is 0 Å². The fourth-order valence-corrected chi connectivity index (χ4v) is 3.32. The summed E-state index contributed by atoms with van der Waals surface area (Å²) in [7, 11) is 0. The number of hydrogen-bond acceptors (Lipinski definition) is 5. The van der Waals surface area contributed by atoms with Crippen LogP contribution in [0, 0.1) is 5.82 Å². The molecule has 27 heavy (non-hydrogen) atoms. The monoisotopic (exact) mass is 365 g/mol. The van der Waals surface area contributed by atoms with E-state index in [9.17, 15) is 9.18 Å². The maximum atomic E-state index is 13.2. The molecule has 4 rings (SSSR count). The minimum Gasteiger partial charge on any atom is -0.355 e. The third-order valence-electron chi connectivity index (χ3n) is 4.61. The van der Waals surface area contributed by atoms with Crippen molar-refractivity contribution in [3.05, 3.63) is 42.2 Å². The number of benzene rings is 1. The lowest BCUT2D eigenvalue weighted by molar-refractivity contribution is -0.114. The number of piperidine rings is 1. The number of pyridine rings is 1. The van der Waals surface area contributed by atoms with Crippen LogP contribution in [0.5, 0.6) is 0 Å². The van der Waals surface area contributed by atoms with Crippen LogP contribution in [-0.2, 0) is 4.79 Å². The standard InChI is InChI=1S/C20H20FN5O/c1-13(27)22-20-24-17-10-9-16(14-5-7-15(21)8-6-14)23-18(17)19(25-20)26-11-3-2-4-12-26/h5-10H,2-4,11-12H2,1H3,(H,22,24,25,27). The first kappa shape index (κ1) is 17.3. The van der Waals surface area contributed by atoms with Gasteiger partial charge in [-0.3, -0.25) is 10.1 Å².